The van der Waals surface area contributed by atoms with E-state index in [4.69, 9.17) is 13.8 Å². The predicted octanol–water partition coefficient (Wildman–Crippen LogP) is 2.35. The fraction of sp³-hybridized carbons (Fsp3) is 0.400. The highest BCUT2D eigenvalue weighted by molar-refractivity contribution is 7.01. The van der Waals surface area contributed by atoms with E-state index in [0.29, 0.717) is 0 Å². The Morgan fingerprint density at radius 2 is 2.00 bits per heavy atom. The van der Waals surface area contributed by atoms with E-state index < -0.39 is 19.3 Å². The molecule has 0 radical (unpaired) electrons. The van der Waals surface area contributed by atoms with E-state index >= 15 is 0 Å². The van der Waals surface area contributed by atoms with Crippen molar-refractivity contribution in [2.24, 2.45) is 0 Å². The van der Waals surface area contributed by atoms with Gasteiger partial charge < -0.3 is 13.8 Å². The maximum Gasteiger partial charge on any atom is 0.538 e. The molecule has 0 aliphatic heterocycles. The molecule has 1 nitrogen and oxygen atoms in total. The molecule has 1 aromatic rings. The highest BCUT2D eigenvalue weighted by atomic mass is 35.5. The lowest BCUT2D eigenvalue weighted by molar-refractivity contribution is 0.309. The van der Waals surface area contributed by atoms with Crippen molar-refractivity contribution in [1.29, 1.82) is 0 Å². The van der Waals surface area contributed by atoms with Crippen LogP contribution in [-0.4, -0.2) is 25.9 Å². The van der Waals surface area contributed by atoms with Crippen LogP contribution in [0.4, 0.5) is 0 Å². The number of benzene rings is 1. The van der Waals surface area contributed by atoms with E-state index in [1.165, 1.54) is 10.1 Å². The second-order valence-electron chi connectivity index (χ2n) is 2.98. The van der Waals surface area contributed by atoms with Crippen molar-refractivity contribution in [2.75, 3.05) is 6.61 Å². The summed E-state index contributed by atoms with van der Waals surface area (Å²) < 4.78 is 6.79. The fourth-order valence-electron chi connectivity index (χ4n) is 1.01. The third-order valence-corrected chi connectivity index (χ3v) is 3.55. The van der Waals surface area contributed by atoms with Gasteiger partial charge in [0.2, 0.25) is 0 Å². The molecule has 0 aliphatic rings. The average Bonchev–Trinajstić information content (AvgIpc) is 2.19. The van der Waals surface area contributed by atoms with E-state index in [1.807, 2.05) is 12.1 Å². The molecule has 0 spiro atoms. The van der Waals surface area contributed by atoms with E-state index in [1.54, 1.807) is 0 Å². The zero-order valence-corrected chi connectivity index (χ0v) is 10.1. The van der Waals surface area contributed by atoms with Crippen molar-refractivity contribution in [3.63, 3.8) is 0 Å². The largest absolute Gasteiger partial charge is 0.538 e. The number of ether oxygens (including phenoxy) is 1. The molecule has 1 aromatic carbocycles. The first kappa shape index (κ1) is 11.2. The SMILES string of the molecule is CCCCOc1cc[c]([Mg][Cl])cc1. The van der Waals surface area contributed by atoms with Gasteiger partial charge in [0.25, 0.3) is 0 Å². The first-order valence-electron chi connectivity index (χ1n) is 4.64. The molecule has 0 unspecified atom stereocenters. The van der Waals surface area contributed by atoms with Gasteiger partial charge in [0, 0.05) is 0 Å². The molecule has 13 heavy (non-hydrogen) atoms. The smallest absolute Gasteiger partial charge is 0.494 e. The summed E-state index contributed by atoms with van der Waals surface area (Å²) in [5.74, 6) is 0.955. The maximum absolute atomic E-state index is 5.80. The number of halogens is 1. The normalized spacial score (nSPS) is 9.38. The quantitative estimate of drug-likeness (QED) is 0.534. The van der Waals surface area contributed by atoms with E-state index in [0.717, 1.165) is 18.8 Å². The molecule has 1 rings (SSSR count). The highest BCUT2D eigenvalue weighted by Crippen LogP contribution is 2.07. The molecule has 0 fully saturated rings. The van der Waals surface area contributed by atoms with Crippen LogP contribution in [0.3, 0.4) is 0 Å². The van der Waals surface area contributed by atoms with Crippen LogP contribution in [0.2, 0.25) is 0 Å². The van der Waals surface area contributed by atoms with E-state index in [2.05, 4.69) is 19.1 Å². The Bertz CT molecular complexity index is 235. The van der Waals surface area contributed by atoms with Gasteiger partial charge in [-0.25, -0.2) is 0 Å². The molecule has 0 aliphatic carbocycles. The van der Waals surface area contributed by atoms with Crippen LogP contribution in [0.25, 0.3) is 0 Å². The summed E-state index contributed by atoms with van der Waals surface area (Å²) in [7, 11) is 5.80. The van der Waals surface area contributed by atoms with Crippen LogP contribution >= 0.6 is 9.07 Å². The minimum absolute atomic E-state index is 0.532. The summed E-state index contributed by atoms with van der Waals surface area (Å²) in [6.45, 7) is 2.97. The second-order valence-corrected chi connectivity index (χ2v) is 4.87. The van der Waals surface area contributed by atoms with Crippen LogP contribution in [0.1, 0.15) is 19.8 Å². The van der Waals surface area contributed by atoms with Gasteiger partial charge >= 0.3 is 19.3 Å². The maximum atomic E-state index is 5.80. The minimum atomic E-state index is -0.532. The molecular formula is C10H13ClMgO. The van der Waals surface area contributed by atoms with E-state index in [-0.39, 0.29) is 0 Å². The van der Waals surface area contributed by atoms with Gasteiger partial charge in [0.15, 0.2) is 0 Å². The predicted molar refractivity (Wildman–Crippen MR) is 58.1 cm³/mol. The number of unbranched alkanes of at least 4 members (excludes halogenated alkanes) is 1. The van der Waals surface area contributed by atoms with Crippen LogP contribution in [0.5, 0.6) is 5.75 Å². The topological polar surface area (TPSA) is 9.23 Å². The summed E-state index contributed by atoms with van der Waals surface area (Å²) in [6, 6.07) is 8.11. The van der Waals surface area contributed by atoms with Crippen molar-refractivity contribution >= 4 is 32.0 Å². The van der Waals surface area contributed by atoms with Crippen LogP contribution < -0.4 is 8.43 Å². The summed E-state index contributed by atoms with van der Waals surface area (Å²) in [4.78, 5) is 0. The monoisotopic (exact) mass is 208 g/mol. The fourth-order valence-corrected chi connectivity index (χ4v) is 1.96. The Kier molecular flexibility index (Phi) is 5.59. The molecule has 0 aromatic heterocycles. The van der Waals surface area contributed by atoms with Gasteiger partial charge in [-0.1, -0.05) is 25.5 Å². The standard InChI is InChI=1S/C10H13O.ClH.Mg/c1-2-3-9-11-10-7-5-4-6-8-10;;/h5-8H,2-3,9H2,1H3;1H;/q;;+1/p-1. The van der Waals surface area contributed by atoms with Crippen molar-refractivity contribution in [1.82, 2.24) is 0 Å². The molecule has 0 N–H and O–H groups in total. The summed E-state index contributed by atoms with van der Waals surface area (Å²) in [6.07, 6.45) is 2.29. The minimum Gasteiger partial charge on any atom is -0.494 e. The lowest BCUT2D eigenvalue weighted by Gasteiger charge is -2.05. The van der Waals surface area contributed by atoms with E-state index in [9.17, 15) is 0 Å². The molecule has 3 heteroatoms. The van der Waals surface area contributed by atoms with Crippen molar-refractivity contribution in [2.45, 2.75) is 19.8 Å². The molecule has 0 heterocycles. The lowest BCUT2D eigenvalue weighted by atomic mass is 10.3. The summed E-state index contributed by atoms with van der Waals surface area (Å²) >= 11 is -0.532. The molecule has 0 saturated heterocycles. The number of hydrogen-bond donors (Lipinski definition) is 0. The first-order chi connectivity index (χ1) is 6.36. The molecular weight excluding hydrogens is 196 g/mol. The second kappa shape index (κ2) is 6.52. The first-order valence-corrected chi connectivity index (χ1v) is 7.49. The van der Waals surface area contributed by atoms with Crippen LogP contribution in [0, 0.1) is 0 Å². The zero-order chi connectivity index (χ0) is 9.52. The Hall–Kier alpha value is 0.0762. The van der Waals surface area contributed by atoms with Gasteiger partial charge in [-0.05, 0) is 18.6 Å². The third-order valence-electron chi connectivity index (χ3n) is 1.84. The zero-order valence-electron chi connectivity index (χ0n) is 7.92. The van der Waals surface area contributed by atoms with Gasteiger partial charge in [-0.2, -0.15) is 0 Å². The van der Waals surface area contributed by atoms with Crippen molar-refractivity contribution < 1.29 is 4.74 Å². The van der Waals surface area contributed by atoms with Gasteiger partial charge in [-0.3, -0.25) is 0 Å². The Morgan fingerprint density at radius 1 is 1.31 bits per heavy atom. The molecule has 0 saturated carbocycles. The van der Waals surface area contributed by atoms with Crippen LogP contribution in [-0.2, 0) is 0 Å². The Labute approximate surface area is 92.9 Å². The highest BCUT2D eigenvalue weighted by Gasteiger charge is 1.96. The molecule has 0 atom stereocenters. The van der Waals surface area contributed by atoms with Gasteiger partial charge in [-0.15, -0.1) is 3.69 Å². The Morgan fingerprint density at radius 3 is 2.54 bits per heavy atom. The molecule has 68 valence electrons. The summed E-state index contributed by atoms with van der Waals surface area (Å²) in [5, 5.41) is 0. The van der Waals surface area contributed by atoms with Gasteiger partial charge in [0.1, 0.15) is 5.75 Å². The lowest BCUT2D eigenvalue weighted by Crippen LogP contribution is -2.07. The number of hydrogen-bond acceptors (Lipinski definition) is 1. The third kappa shape index (κ3) is 4.20. The Balaban J connectivity index is 2.40. The molecule has 0 bridgehead atoms. The van der Waals surface area contributed by atoms with Crippen molar-refractivity contribution in [3.05, 3.63) is 24.3 Å². The van der Waals surface area contributed by atoms with Gasteiger partial charge in [0.05, 0.1) is 6.61 Å². The molecule has 0 amide bonds. The van der Waals surface area contributed by atoms with Crippen LogP contribution in [0.15, 0.2) is 24.3 Å². The average molecular weight is 209 g/mol. The number of rotatable bonds is 5. The van der Waals surface area contributed by atoms with Crippen molar-refractivity contribution in [3.8, 4) is 5.75 Å². The summed E-state index contributed by atoms with van der Waals surface area (Å²) in [5.41, 5.74) is 0.